The average molecular weight is 361 g/mol. The first-order chi connectivity index (χ1) is 11.3. The van der Waals surface area contributed by atoms with Crippen molar-refractivity contribution in [2.45, 2.75) is 38.5 Å². The Morgan fingerprint density at radius 2 is 1.75 bits per heavy atom. The first-order valence-electron chi connectivity index (χ1n) is 7.98. The third-order valence-electron chi connectivity index (χ3n) is 2.97. The Balaban J connectivity index is 0. The molecule has 3 N–H and O–H groups in total. The molecule has 0 spiro atoms. The number of nitrogens with one attached hydrogen (secondary N) is 1. The largest absolute Gasteiger partial charge is 0.385 e. The number of carbonyl (C=O) groups is 1. The molecule has 1 rings (SSSR count). The molecule has 0 saturated carbocycles. The normalized spacial score (nSPS) is 11.4. The summed E-state index contributed by atoms with van der Waals surface area (Å²) in [5.74, 6) is 0.852. The van der Waals surface area contributed by atoms with Gasteiger partial charge in [-0.05, 0) is 45.0 Å². The van der Waals surface area contributed by atoms with Gasteiger partial charge in [0.25, 0.3) is 0 Å². The Kier molecular flexibility index (Phi) is 15.9. The highest BCUT2D eigenvalue weighted by atomic mass is 32.2. The topological polar surface area (TPSA) is 98.5 Å². The quantitative estimate of drug-likeness (QED) is 0.728. The second-order valence-electron chi connectivity index (χ2n) is 5.26. The highest BCUT2D eigenvalue weighted by molar-refractivity contribution is 7.89. The number of ether oxygens (including phenoxy) is 1. The smallest absolute Gasteiger partial charge is 0.238 e. The fraction of sp³-hybridized carbons (Fsp3) is 0.588. The number of hydrogen-bond acceptors (Lipinski definition) is 5. The minimum atomic E-state index is -3.64. The SMILES string of the molecule is CCCC(C)CNC.CCOC.NS(=O)(=O)c1ccc(C=O)cc1. The van der Waals surface area contributed by atoms with Gasteiger partial charge in [0, 0.05) is 19.3 Å². The fourth-order valence-corrected chi connectivity index (χ4v) is 2.19. The summed E-state index contributed by atoms with van der Waals surface area (Å²) in [5, 5.41) is 7.98. The van der Waals surface area contributed by atoms with Gasteiger partial charge in [0.15, 0.2) is 0 Å². The summed E-state index contributed by atoms with van der Waals surface area (Å²) in [6.45, 7) is 8.44. The van der Waals surface area contributed by atoms with E-state index < -0.39 is 10.0 Å². The summed E-state index contributed by atoms with van der Waals surface area (Å²) >= 11 is 0. The molecule has 0 saturated heterocycles. The van der Waals surface area contributed by atoms with Gasteiger partial charge in [0.2, 0.25) is 10.0 Å². The zero-order chi connectivity index (χ0) is 19.0. The van der Waals surface area contributed by atoms with Gasteiger partial charge in [-0.1, -0.05) is 32.4 Å². The maximum atomic E-state index is 10.7. The Morgan fingerprint density at radius 3 is 2.04 bits per heavy atom. The van der Waals surface area contributed by atoms with Crippen molar-refractivity contribution in [2.24, 2.45) is 11.1 Å². The Morgan fingerprint density at radius 1 is 1.25 bits per heavy atom. The Labute approximate surface area is 146 Å². The van der Waals surface area contributed by atoms with Gasteiger partial charge in [-0.15, -0.1) is 0 Å². The lowest BCUT2D eigenvalue weighted by molar-refractivity contribution is 0.112. The summed E-state index contributed by atoms with van der Waals surface area (Å²) in [5.41, 5.74) is 0.419. The van der Waals surface area contributed by atoms with E-state index in [2.05, 4.69) is 23.9 Å². The molecule has 0 amide bonds. The van der Waals surface area contributed by atoms with Crippen LogP contribution in [0, 0.1) is 5.92 Å². The van der Waals surface area contributed by atoms with Crippen molar-refractivity contribution in [1.29, 1.82) is 0 Å². The summed E-state index contributed by atoms with van der Waals surface area (Å²) in [4.78, 5) is 10.2. The van der Waals surface area contributed by atoms with Crippen molar-refractivity contribution in [3.05, 3.63) is 29.8 Å². The molecule has 6 nitrogen and oxygen atoms in total. The molecular weight excluding hydrogens is 328 g/mol. The van der Waals surface area contributed by atoms with E-state index in [4.69, 9.17) is 5.14 Å². The molecule has 0 bridgehead atoms. The molecule has 0 aromatic heterocycles. The van der Waals surface area contributed by atoms with E-state index in [0.717, 1.165) is 19.1 Å². The van der Waals surface area contributed by atoms with E-state index in [1.54, 1.807) is 7.11 Å². The van der Waals surface area contributed by atoms with Crippen LogP contribution >= 0.6 is 0 Å². The Hall–Kier alpha value is -1.28. The standard InChI is InChI=1S/C7H7NO3S.C7H17N.C3H8O/c8-12(10,11)7-3-1-6(5-9)2-4-7;1-4-5-7(2)6-8-3;1-3-4-2/h1-5H,(H2,8,10,11);7-8H,4-6H2,1-3H3;3H2,1-2H3. The van der Waals surface area contributed by atoms with Crippen molar-refractivity contribution in [3.63, 3.8) is 0 Å². The van der Waals surface area contributed by atoms with Crippen molar-refractivity contribution >= 4 is 16.3 Å². The second-order valence-corrected chi connectivity index (χ2v) is 6.82. The van der Waals surface area contributed by atoms with Gasteiger partial charge in [-0.2, -0.15) is 0 Å². The highest BCUT2D eigenvalue weighted by Crippen LogP contribution is 2.06. The fourth-order valence-electron chi connectivity index (χ4n) is 1.68. The molecular formula is C17H32N2O4S. The monoisotopic (exact) mass is 360 g/mol. The van der Waals surface area contributed by atoms with Crippen LogP contribution in [0.15, 0.2) is 29.2 Å². The van der Waals surface area contributed by atoms with Gasteiger partial charge in [-0.3, -0.25) is 4.79 Å². The first kappa shape index (κ1) is 25.0. The maximum Gasteiger partial charge on any atom is 0.238 e. The van der Waals surface area contributed by atoms with Gasteiger partial charge in [0.05, 0.1) is 4.90 Å². The third kappa shape index (κ3) is 14.3. The molecule has 0 aliphatic carbocycles. The number of sulfonamides is 1. The Bertz CT molecular complexity index is 508. The summed E-state index contributed by atoms with van der Waals surface area (Å²) in [6.07, 6.45) is 3.29. The molecule has 0 radical (unpaired) electrons. The lowest BCUT2D eigenvalue weighted by atomic mass is 10.1. The van der Waals surface area contributed by atoms with E-state index in [0.29, 0.717) is 11.8 Å². The molecule has 1 aromatic rings. The molecule has 140 valence electrons. The van der Waals surface area contributed by atoms with E-state index in [1.165, 1.54) is 37.1 Å². The maximum absolute atomic E-state index is 10.7. The lowest BCUT2D eigenvalue weighted by Crippen LogP contribution is -2.15. The van der Waals surface area contributed by atoms with Gasteiger partial charge in [-0.25, -0.2) is 13.6 Å². The van der Waals surface area contributed by atoms with Gasteiger partial charge in [0.1, 0.15) is 6.29 Å². The zero-order valence-electron chi connectivity index (χ0n) is 15.4. The van der Waals surface area contributed by atoms with Crippen LogP contribution in [0.25, 0.3) is 0 Å². The molecule has 0 aliphatic heterocycles. The third-order valence-corrected chi connectivity index (χ3v) is 3.90. The van der Waals surface area contributed by atoms with Crippen LogP contribution in [-0.2, 0) is 14.8 Å². The molecule has 7 heteroatoms. The summed E-state index contributed by atoms with van der Waals surface area (Å²) in [7, 11) is 0.0429. The average Bonchev–Trinajstić information content (AvgIpc) is 2.55. The molecule has 1 unspecified atom stereocenters. The van der Waals surface area contributed by atoms with Crippen LogP contribution in [0.4, 0.5) is 0 Å². The molecule has 1 aromatic carbocycles. The number of primary sulfonamides is 1. The summed E-state index contributed by atoms with van der Waals surface area (Å²) < 4.78 is 26.0. The molecule has 0 heterocycles. The van der Waals surface area contributed by atoms with Crippen molar-refractivity contribution in [2.75, 3.05) is 27.3 Å². The number of hydrogen-bond donors (Lipinski definition) is 2. The van der Waals surface area contributed by atoms with E-state index in [-0.39, 0.29) is 4.90 Å². The predicted octanol–water partition coefficient (Wildman–Crippen LogP) is 2.44. The van der Waals surface area contributed by atoms with E-state index >= 15 is 0 Å². The minimum absolute atomic E-state index is 0.00750. The number of carbonyl (C=O) groups excluding carboxylic acids is 1. The zero-order valence-corrected chi connectivity index (χ0v) is 16.2. The summed E-state index contributed by atoms with van der Waals surface area (Å²) in [6, 6.07) is 5.37. The number of nitrogens with two attached hydrogens (primary N) is 1. The molecule has 1 atom stereocenters. The predicted molar refractivity (Wildman–Crippen MR) is 98.8 cm³/mol. The van der Waals surface area contributed by atoms with E-state index in [9.17, 15) is 13.2 Å². The van der Waals surface area contributed by atoms with Gasteiger partial charge < -0.3 is 10.1 Å². The van der Waals surface area contributed by atoms with Crippen LogP contribution in [0.1, 0.15) is 44.0 Å². The molecule has 0 fully saturated rings. The van der Waals surface area contributed by atoms with Crippen LogP contribution in [0.5, 0.6) is 0 Å². The molecule has 0 aliphatic rings. The first-order valence-corrected chi connectivity index (χ1v) is 9.52. The van der Waals surface area contributed by atoms with Crippen LogP contribution < -0.4 is 10.5 Å². The molecule has 24 heavy (non-hydrogen) atoms. The van der Waals surface area contributed by atoms with E-state index in [1.807, 2.05) is 14.0 Å². The van der Waals surface area contributed by atoms with Crippen LogP contribution in [-0.4, -0.2) is 42.0 Å². The van der Waals surface area contributed by atoms with Crippen molar-refractivity contribution in [3.8, 4) is 0 Å². The lowest BCUT2D eigenvalue weighted by Gasteiger charge is -2.06. The van der Waals surface area contributed by atoms with Crippen molar-refractivity contribution < 1.29 is 17.9 Å². The number of methoxy groups -OCH3 is 1. The number of aldehydes is 1. The van der Waals surface area contributed by atoms with Gasteiger partial charge >= 0.3 is 0 Å². The second kappa shape index (κ2) is 15.3. The number of benzene rings is 1. The highest BCUT2D eigenvalue weighted by Gasteiger charge is 2.05. The van der Waals surface area contributed by atoms with Crippen molar-refractivity contribution in [1.82, 2.24) is 5.32 Å². The number of rotatable bonds is 7. The van der Waals surface area contributed by atoms with Crippen LogP contribution in [0.2, 0.25) is 0 Å². The van der Waals surface area contributed by atoms with Crippen LogP contribution in [0.3, 0.4) is 0 Å². The minimum Gasteiger partial charge on any atom is -0.385 e.